The highest BCUT2D eigenvalue weighted by Gasteiger charge is 2.55. The first-order chi connectivity index (χ1) is 19.7. The quantitative estimate of drug-likeness (QED) is 0.319. The third-order valence-corrected chi connectivity index (χ3v) is 9.70. The monoisotopic (exact) mass is 570 g/mol. The SMILES string of the molecule is N#Cc1cnc(NCc2ccccc2OC(F)(F)F)nc1NC[C@@]12CC3C[C@H](C1)[C@@H](NC1CCC(O)CC1)[C@@H](C3)C2. The van der Waals surface area contributed by atoms with Crippen LogP contribution in [0.3, 0.4) is 0 Å². The average Bonchev–Trinajstić information content (AvgIpc) is 2.93. The molecule has 11 heteroatoms. The molecule has 4 N–H and O–H groups in total. The summed E-state index contributed by atoms with van der Waals surface area (Å²) in [4.78, 5) is 8.73. The lowest BCUT2D eigenvalue weighted by Gasteiger charge is -2.61. The number of aliphatic hydroxyl groups excluding tert-OH is 1. The summed E-state index contributed by atoms with van der Waals surface area (Å²) in [5.74, 6) is 2.41. The van der Waals surface area contributed by atoms with Gasteiger partial charge in [0, 0.05) is 30.7 Å². The van der Waals surface area contributed by atoms with Gasteiger partial charge in [0.15, 0.2) is 0 Å². The number of ether oxygens (including phenoxy) is 1. The van der Waals surface area contributed by atoms with Crippen molar-refractivity contribution in [3.05, 3.63) is 41.6 Å². The Kier molecular flexibility index (Phi) is 7.72. The van der Waals surface area contributed by atoms with Crippen LogP contribution in [0.15, 0.2) is 30.5 Å². The van der Waals surface area contributed by atoms with Crippen LogP contribution in [0, 0.1) is 34.5 Å². The fraction of sp³-hybridized carbons (Fsp3) is 0.633. The van der Waals surface area contributed by atoms with E-state index in [1.54, 1.807) is 12.1 Å². The van der Waals surface area contributed by atoms with Crippen LogP contribution in [-0.4, -0.2) is 46.2 Å². The number of aromatic nitrogens is 2. The molecule has 41 heavy (non-hydrogen) atoms. The third-order valence-electron chi connectivity index (χ3n) is 9.70. The summed E-state index contributed by atoms with van der Waals surface area (Å²) >= 11 is 0. The molecule has 5 atom stereocenters. The molecule has 5 aliphatic carbocycles. The number of aliphatic hydroxyl groups is 1. The van der Waals surface area contributed by atoms with E-state index >= 15 is 0 Å². The zero-order valence-electron chi connectivity index (χ0n) is 23.0. The van der Waals surface area contributed by atoms with Crippen LogP contribution >= 0.6 is 0 Å². The first-order valence-electron chi connectivity index (χ1n) is 14.7. The standard InChI is InChI=1S/C30H37F3N6O2/c31-30(32,33)41-25-4-2-1-3-19(25)15-35-28-36-16-22(14-34)27(39-28)37-17-29-11-18-9-20(12-29)26(21(10-18)13-29)38-23-5-7-24(40)8-6-23/h1-4,16,18,20-21,23-24,26,38,40H,5-13,15,17H2,(H2,35,36,37,39)/t18?,20-,21+,23?,24?,26-,29+. The van der Waals surface area contributed by atoms with Crippen molar-refractivity contribution in [1.29, 1.82) is 5.26 Å². The smallest absolute Gasteiger partial charge is 0.405 e. The molecule has 0 spiro atoms. The fourth-order valence-electron chi connectivity index (χ4n) is 8.20. The molecule has 4 bridgehead atoms. The lowest BCUT2D eigenvalue weighted by Crippen LogP contribution is -2.61. The summed E-state index contributed by atoms with van der Waals surface area (Å²) < 4.78 is 42.5. The Morgan fingerprint density at radius 3 is 2.49 bits per heavy atom. The number of para-hydroxylation sites is 1. The fourth-order valence-corrected chi connectivity index (χ4v) is 8.20. The molecule has 220 valence electrons. The molecule has 0 amide bonds. The van der Waals surface area contributed by atoms with E-state index in [1.165, 1.54) is 37.6 Å². The summed E-state index contributed by atoms with van der Waals surface area (Å²) in [6.45, 7) is 0.757. The Labute approximate surface area is 238 Å². The maximum absolute atomic E-state index is 12.8. The van der Waals surface area contributed by atoms with Crippen LogP contribution in [0.25, 0.3) is 0 Å². The number of hydrogen-bond acceptors (Lipinski definition) is 8. The molecule has 0 radical (unpaired) electrons. The zero-order chi connectivity index (χ0) is 28.6. The van der Waals surface area contributed by atoms with Gasteiger partial charge in [-0.3, -0.25) is 0 Å². The Morgan fingerprint density at radius 2 is 1.78 bits per heavy atom. The van der Waals surface area contributed by atoms with Gasteiger partial charge in [-0.15, -0.1) is 13.2 Å². The first kappa shape index (κ1) is 28.0. The Balaban J connectivity index is 1.10. The van der Waals surface area contributed by atoms with Crippen LogP contribution in [0.1, 0.15) is 68.9 Å². The number of hydrogen-bond donors (Lipinski definition) is 4. The molecular weight excluding hydrogens is 533 g/mol. The van der Waals surface area contributed by atoms with Gasteiger partial charge in [0.05, 0.1) is 12.3 Å². The molecule has 1 aromatic carbocycles. The number of alkyl halides is 3. The van der Waals surface area contributed by atoms with Gasteiger partial charge >= 0.3 is 6.36 Å². The highest BCUT2D eigenvalue weighted by Crippen LogP contribution is 2.60. The predicted molar refractivity (Wildman–Crippen MR) is 147 cm³/mol. The first-order valence-corrected chi connectivity index (χ1v) is 14.7. The second-order valence-electron chi connectivity index (χ2n) is 12.6. The molecule has 2 aromatic rings. The minimum absolute atomic E-state index is 0.0287. The molecule has 8 nitrogen and oxygen atoms in total. The average molecular weight is 571 g/mol. The molecule has 1 unspecified atom stereocenters. The number of nitrogens with one attached hydrogen (secondary N) is 3. The van der Waals surface area contributed by atoms with Gasteiger partial charge in [0.2, 0.25) is 5.95 Å². The number of halogens is 3. The van der Waals surface area contributed by atoms with Gasteiger partial charge in [0.25, 0.3) is 0 Å². The van der Waals surface area contributed by atoms with Crippen LogP contribution in [-0.2, 0) is 6.54 Å². The van der Waals surface area contributed by atoms with Gasteiger partial charge < -0.3 is 25.8 Å². The molecule has 5 saturated carbocycles. The number of nitriles is 1. The van der Waals surface area contributed by atoms with E-state index in [-0.39, 0.29) is 29.8 Å². The summed E-state index contributed by atoms with van der Waals surface area (Å²) in [5.41, 5.74) is 0.810. The molecule has 1 heterocycles. The van der Waals surface area contributed by atoms with Crippen molar-refractivity contribution in [2.24, 2.45) is 23.2 Å². The minimum Gasteiger partial charge on any atom is -0.405 e. The van der Waals surface area contributed by atoms with Crippen LogP contribution in [0.5, 0.6) is 5.75 Å². The molecule has 5 aliphatic rings. The number of anilines is 2. The lowest BCUT2D eigenvalue weighted by atomic mass is 9.47. The van der Waals surface area contributed by atoms with Crippen molar-refractivity contribution >= 4 is 11.8 Å². The molecular formula is C30H37F3N6O2. The molecule has 0 aliphatic heterocycles. The second-order valence-corrected chi connectivity index (χ2v) is 12.6. The normalized spacial score (nSPS) is 32.4. The van der Waals surface area contributed by atoms with E-state index < -0.39 is 6.36 Å². The van der Waals surface area contributed by atoms with E-state index in [1.807, 2.05) is 0 Å². The summed E-state index contributed by atoms with van der Waals surface area (Å²) in [5, 5.41) is 30.0. The largest absolute Gasteiger partial charge is 0.573 e. The summed E-state index contributed by atoms with van der Waals surface area (Å²) in [7, 11) is 0. The van der Waals surface area contributed by atoms with E-state index in [9.17, 15) is 23.5 Å². The second kappa shape index (κ2) is 11.3. The van der Waals surface area contributed by atoms with Gasteiger partial charge in [-0.25, -0.2) is 4.98 Å². The minimum atomic E-state index is -4.79. The topological polar surface area (TPSA) is 115 Å². The number of rotatable bonds is 9. The third kappa shape index (κ3) is 6.38. The van der Waals surface area contributed by atoms with Crippen LogP contribution < -0.4 is 20.7 Å². The molecule has 0 saturated heterocycles. The molecule has 1 aromatic heterocycles. The van der Waals surface area contributed by atoms with Crippen molar-refractivity contribution in [3.8, 4) is 11.8 Å². The van der Waals surface area contributed by atoms with Crippen molar-refractivity contribution in [2.45, 2.75) is 88.9 Å². The lowest BCUT2D eigenvalue weighted by molar-refractivity contribution is -0.274. The molecule has 5 fully saturated rings. The maximum atomic E-state index is 12.8. The van der Waals surface area contributed by atoms with Crippen LogP contribution in [0.2, 0.25) is 0 Å². The predicted octanol–water partition coefficient (Wildman–Crippen LogP) is 5.36. The Morgan fingerprint density at radius 1 is 1.05 bits per heavy atom. The van der Waals surface area contributed by atoms with Crippen molar-refractivity contribution < 1.29 is 23.0 Å². The maximum Gasteiger partial charge on any atom is 0.573 e. The van der Waals surface area contributed by atoms with Crippen molar-refractivity contribution in [2.75, 3.05) is 17.2 Å². The van der Waals surface area contributed by atoms with E-state index in [0.717, 1.165) is 51.0 Å². The number of nitrogens with zero attached hydrogens (tertiary/aromatic N) is 3. The Bertz CT molecular complexity index is 1260. The van der Waals surface area contributed by atoms with E-state index in [2.05, 4.69) is 36.7 Å². The zero-order valence-corrected chi connectivity index (χ0v) is 23.0. The number of benzene rings is 1. The van der Waals surface area contributed by atoms with Crippen molar-refractivity contribution in [1.82, 2.24) is 15.3 Å². The van der Waals surface area contributed by atoms with E-state index in [4.69, 9.17) is 0 Å². The van der Waals surface area contributed by atoms with Gasteiger partial charge in [0.1, 0.15) is 23.2 Å². The molecule has 7 rings (SSSR count). The van der Waals surface area contributed by atoms with Gasteiger partial charge in [-0.05, 0) is 87.0 Å². The highest BCUT2D eigenvalue weighted by molar-refractivity contribution is 5.53. The van der Waals surface area contributed by atoms with Crippen molar-refractivity contribution in [3.63, 3.8) is 0 Å². The van der Waals surface area contributed by atoms with E-state index in [0.29, 0.717) is 40.9 Å². The van der Waals surface area contributed by atoms with Crippen LogP contribution in [0.4, 0.5) is 24.9 Å². The summed E-state index contributed by atoms with van der Waals surface area (Å²) in [6, 6.07) is 9.14. The summed E-state index contributed by atoms with van der Waals surface area (Å²) in [6.07, 6.45) is 6.42. The van der Waals surface area contributed by atoms with Gasteiger partial charge in [-0.1, -0.05) is 18.2 Å². The van der Waals surface area contributed by atoms with Gasteiger partial charge in [-0.2, -0.15) is 10.2 Å². The highest BCUT2D eigenvalue weighted by atomic mass is 19.4. The Hall–Kier alpha value is -3.10.